The molecule has 9 nitrogen and oxygen atoms in total. The van der Waals surface area contributed by atoms with Crippen molar-refractivity contribution in [2.45, 2.75) is 199 Å². The maximum absolute atomic E-state index is 5.52. The first-order chi connectivity index (χ1) is 26.8. The van der Waals surface area contributed by atoms with Gasteiger partial charge in [-0.15, -0.1) is 0 Å². The summed E-state index contributed by atoms with van der Waals surface area (Å²) in [5.41, 5.74) is 0. The Morgan fingerprint density at radius 2 is 0.509 bits per heavy atom. The highest BCUT2D eigenvalue weighted by molar-refractivity contribution is 4.59. The Hall–Kier alpha value is -0.360. The fraction of sp³-hybridized carbons (Fsp3) is 1.00. The minimum Gasteiger partial charge on any atom is -0.382 e. The molecule has 9 heteroatoms. The second-order valence-corrected chi connectivity index (χ2v) is 12.9. The summed E-state index contributed by atoms with van der Waals surface area (Å²) in [5.74, 6) is 0. The van der Waals surface area contributed by atoms with E-state index in [9.17, 15) is 0 Å². The molecule has 0 aliphatic carbocycles. The minimum atomic E-state index is 0.219. The van der Waals surface area contributed by atoms with Crippen LogP contribution in [0.5, 0.6) is 0 Å². The van der Waals surface area contributed by atoms with Gasteiger partial charge < -0.3 is 42.6 Å². The first-order valence-corrected chi connectivity index (χ1v) is 23.1. The number of unbranched alkanes of at least 4 members (excludes halogenated alkanes) is 5. The van der Waals surface area contributed by atoms with E-state index in [-0.39, 0.29) is 12.2 Å². The molecule has 0 heterocycles. The van der Waals surface area contributed by atoms with Gasteiger partial charge in [-0.1, -0.05) is 81.1 Å². The summed E-state index contributed by atoms with van der Waals surface area (Å²) in [6, 6.07) is 0. The SMILES string of the molecule is CCCCCCOCC.CCCCOCC.CCCOCC.CCCOCCCCOCC.CCCOCCOCCC.CCCO[C@H](C)[C@@H](C)OCCC. The maximum atomic E-state index is 5.52. The fourth-order valence-corrected chi connectivity index (χ4v) is 3.74. The van der Waals surface area contributed by atoms with E-state index in [0.717, 1.165) is 157 Å². The molecule has 0 rings (SSSR count). The Bertz CT molecular complexity index is 488. The minimum absolute atomic E-state index is 0.219. The van der Waals surface area contributed by atoms with E-state index in [1.54, 1.807) is 0 Å². The van der Waals surface area contributed by atoms with Crippen molar-refractivity contribution in [1.82, 2.24) is 0 Å². The lowest BCUT2D eigenvalue weighted by molar-refractivity contribution is -0.0558. The maximum Gasteiger partial charge on any atom is 0.0805 e. The number of rotatable bonds is 35. The molecule has 0 saturated carbocycles. The molecular formula is C46H104O9. The first kappa shape index (κ1) is 66.5. The zero-order valence-electron chi connectivity index (χ0n) is 40.0. The Labute approximate surface area is 346 Å². The van der Waals surface area contributed by atoms with Crippen LogP contribution in [0.4, 0.5) is 0 Å². The third-order valence-corrected chi connectivity index (χ3v) is 7.02. The molecule has 0 aliphatic rings. The quantitative estimate of drug-likeness (QED) is 0.0582. The molecule has 0 fully saturated rings. The van der Waals surface area contributed by atoms with E-state index in [1.807, 2.05) is 27.7 Å². The van der Waals surface area contributed by atoms with Crippen LogP contribution >= 0.6 is 0 Å². The van der Waals surface area contributed by atoms with Gasteiger partial charge >= 0.3 is 0 Å². The van der Waals surface area contributed by atoms with Crippen molar-refractivity contribution < 1.29 is 42.6 Å². The molecule has 0 amide bonds. The van der Waals surface area contributed by atoms with Gasteiger partial charge in [0.2, 0.25) is 0 Å². The average molecular weight is 801 g/mol. The first-order valence-electron chi connectivity index (χ1n) is 23.1. The standard InChI is InChI=1S/C10H22O2.C9H20O2.C8H18O2.C8H18O.C6H14O.C5H12O/c1-5-7-11-9(3)10(4)12-8-6-2;1-3-7-11-9-6-5-8-10-4-2;1-3-5-9-7-8-10-6-4-2;1-3-5-6-7-8-9-4-2;1-3-5-6-7-4-2;1-3-5-6-4-2/h9-10H,5-8H2,1-4H3;3-9H2,1-2H3;3-8H2,1-2H3;3-8H2,1-2H3;3-6H2,1-2H3;3-5H2,1-2H3/t9-,10-;;;;;/m1...../s1. The van der Waals surface area contributed by atoms with Gasteiger partial charge in [0.15, 0.2) is 0 Å². The van der Waals surface area contributed by atoms with Crippen molar-refractivity contribution in [1.29, 1.82) is 0 Å². The molecule has 0 unspecified atom stereocenters. The molecule has 2 atom stereocenters. The highest BCUT2D eigenvalue weighted by Crippen LogP contribution is 2.04. The van der Waals surface area contributed by atoms with Crippen LogP contribution in [0.15, 0.2) is 0 Å². The zero-order chi connectivity index (χ0) is 42.7. The topological polar surface area (TPSA) is 83.1 Å². The van der Waals surface area contributed by atoms with Gasteiger partial charge in [0.1, 0.15) is 0 Å². The van der Waals surface area contributed by atoms with Gasteiger partial charge in [0, 0.05) is 92.5 Å². The van der Waals surface area contributed by atoms with Gasteiger partial charge in [-0.3, -0.25) is 0 Å². The van der Waals surface area contributed by atoms with E-state index < -0.39 is 0 Å². The molecule has 0 aromatic carbocycles. The van der Waals surface area contributed by atoms with Crippen molar-refractivity contribution >= 4 is 0 Å². The van der Waals surface area contributed by atoms with Crippen molar-refractivity contribution in [3.63, 3.8) is 0 Å². The molecular weight excluding hydrogens is 696 g/mol. The summed E-state index contributed by atoms with van der Waals surface area (Å²) < 4.78 is 47.2. The molecule has 0 radical (unpaired) electrons. The second-order valence-electron chi connectivity index (χ2n) is 12.9. The summed E-state index contributed by atoms with van der Waals surface area (Å²) >= 11 is 0. The summed E-state index contributed by atoms with van der Waals surface area (Å²) in [7, 11) is 0. The van der Waals surface area contributed by atoms with Crippen LogP contribution in [0.2, 0.25) is 0 Å². The van der Waals surface area contributed by atoms with Gasteiger partial charge in [0.05, 0.1) is 25.4 Å². The van der Waals surface area contributed by atoms with Gasteiger partial charge in [0.25, 0.3) is 0 Å². The van der Waals surface area contributed by atoms with Gasteiger partial charge in [-0.2, -0.15) is 0 Å². The molecule has 342 valence electrons. The van der Waals surface area contributed by atoms with Gasteiger partial charge in [-0.25, -0.2) is 0 Å². The van der Waals surface area contributed by atoms with E-state index in [1.165, 1.54) is 38.5 Å². The lowest BCUT2D eigenvalue weighted by Gasteiger charge is -2.20. The van der Waals surface area contributed by atoms with Crippen LogP contribution in [0.25, 0.3) is 0 Å². The highest BCUT2D eigenvalue weighted by Gasteiger charge is 2.11. The normalized spacial score (nSPS) is 11.2. The summed E-state index contributed by atoms with van der Waals surface area (Å²) in [5, 5.41) is 0. The Balaban J connectivity index is -0.000000133. The molecule has 0 aromatic heterocycles. The molecule has 0 spiro atoms. The van der Waals surface area contributed by atoms with Crippen molar-refractivity contribution in [2.75, 3.05) is 106 Å². The van der Waals surface area contributed by atoms with E-state index in [0.29, 0.717) is 0 Å². The highest BCUT2D eigenvalue weighted by atomic mass is 16.5. The molecule has 55 heavy (non-hydrogen) atoms. The predicted octanol–water partition coefficient (Wildman–Crippen LogP) is 12.5. The van der Waals surface area contributed by atoms with Gasteiger partial charge in [-0.05, 0) is 106 Å². The van der Waals surface area contributed by atoms with E-state index in [2.05, 4.69) is 69.2 Å². The number of hydrogen-bond donors (Lipinski definition) is 0. The Kier molecular flexibility index (Phi) is 90.1. The third-order valence-electron chi connectivity index (χ3n) is 7.02. The third kappa shape index (κ3) is 91.0. The van der Waals surface area contributed by atoms with Crippen LogP contribution in [0.3, 0.4) is 0 Å². The average Bonchev–Trinajstić information content (AvgIpc) is 3.20. The molecule has 0 aliphatic heterocycles. The molecule has 0 saturated heterocycles. The Morgan fingerprint density at radius 1 is 0.236 bits per heavy atom. The van der Waals surface area contributed by atoms with Crippen molar-refractivity contribution in [2.24, 2.45) is 0 Å². The van der Waals surface area contributed by atoms with Crippen LogP contribution in [-0.2, 0) is 42.6 Å². The fourth-order valence-electron chi connectivity index (χ4n) is 3.74. The van der Waals surface area contributed by atoms with Crippen LogP contribution < -0.4 is 0 Å². The predicted molar refractivity (Wildman–Crippen MR) is 239 cm³/mol. The van der Waals surface area contributed by atoms with Crippen LogP contribution in [0.1, 0.15) is 187 Å². The number of ether oxygens (including phenoxy) is 9. The summed E-state index contributed by atoms with van der Waals surface area (Å²) in [6.45, 7) is 43.0. The molecule has 0 bridgehead atoms. The largest absolute Gasteiger partial charge is 0.382 e. The zero-order valence-corrected chi connectivity index (χ0v) is 40.0. The van der Waals surface area contributed by atoms with E-state index in [4.69, 9.17) is 42.6 Å². The van der Waals surface area contributed by atoms with Crippen molar-refractivity contribution in [3.8, 4) is 0 Å². The van der Waals surface area contributed by atoms with Crippen molar-refractivity contribution in [3.05, 3.63) is 0 Å². The lowest BCUT2D eigenvalue weighted by Crippen LogP contribution is -2.26. The monoisotopic (exact) mass is 801 g/mol. The molecule has 0 N–H and O–H groups in total. The van der Waals surface area contributed by atoms with E-state index >= 15 is 0 Å². The Morgan fingerprint density at radius 3 is 0.818 bits per heavy atom. The lowest BCUT2D eigenvalue weighted by atomic mass is 10.2. The number of hydrogen-bond acceptors (Lipinski definition) is 9. The van der Waals surface area contributed by atoms with Crippen LogP contribution in [-0.4, -0.2) is 118 Å². The smallest absolute Gasteiger partial charge is 0.0805 e. The summed E-state index contributed by atoms with van der Waals surface area (Å²) in [6.07, 6.45) is 16.9. The van der Waals surface area contributed by atoms with Crippen LogP contribution in [0, 0.1) is 0 Å². The summed E-state index contributed by atoms with van der Waals surface area (Å²) in [4.78, 5) is 0. The second kappa shape index (κ2) is 74.6. The molecule has 0 aromatic rings.